The van der Waals surface area contributed by atoms with E-state index < -0.39 is 84.3 Å². The summed E-state index contributed by atoms with van der Waals surface area (Å²) < 4.78 is 126. The summed E-state index contributed by atoms with van der Waals surface area (Å²) >= 11 is 0. The molecule has 0 aliphatic carbocycles. The second-order valence-corrected chi connectivity index (χ2v) is 8.32. The van der Waals surface area contributed by atoms with Crippen LogP contribution in [0.3, 0.4) is 0 Å². The molecule has 0 saturated heterocycles. The van der Waals surface area contributed by atoms with Gasteiger partial charge in [-0.25, -0.2) is 0 Å². The number of para-hydroxylation sites is 2. The summed E-state index contributed by atoms with van der Waals surface area (Å²) in [6.07, 6.45) is 0. The zero-order chi connectivity index (χ0) is 35.0. The molecule has 36 heavy (non-hydrogen) atoms. The van der Waals surface area contributed by atoms with E-state index in [4.69, 9.17) is 25.6 Å². The Morgan fingerprint density at radius 3 is 2.22 bits per heavy atom. The largest absolute Gasteiger partial charge is 0.456 e. The normalized spacial score (nSPS) is 17.2. The molecule has 0 unspecified atom stereocenters. The summed E-state index contributed by atoms with van der Waals surface area (Å²) in [6.45, 7) is 0. The lowest BCUT2D eigenvalue weighted by Crippen LogP contribution is -1.98. The zero-order valence-corrected chi connectivity index (χ0v) is 18.4. The van der Waals surface area contributed by atoms with Crippen LogP contribution in [0.15, 0.2) is 125 Å². The van der Waals surface area contributed by atoms with Crippen molar-refractivity contribution < 1.29 is 27.0 Å². The number of benzene rings is 6. The van der Waals surface area contributed by atoms with Crippen LogP contribution >= 0.6 is 0 Å². The van der Waals surface area contributed by atoms with E-state index in [0.717, 1.165) is 10.8 Å². The Bertz CT molecular complexity index is 2680. The standard InChI is InChI=1S/C34H20O2/c1-2-9-23(22(8-1)21-16-17-27-25-10-3-5-14-30(25)36-33(27)20-21)24-18-19-32-34-28(24)12-7-13-29(34)26-11-4-6-15-31(26)35-32/h1-20H/i1D,2D,4D,6D,7D,8D,9D,11D,12D,13D,15D,18D,19D. The molecule has 0 spiro atoms. The van der Waals surface area contributed by atoms with Crippen LogP contribution in [0, 0.1) is 0 Å². The van der Waals surface area contributed by atoms with E-state index in [0.29, 0.717) is 11.2 Å². The molecule has 0 saturated carbocycles. The lowest BCUT2D eigenvalue weighted by Gasteiger charge is -2.23. The quantitative estimate of drug-likeness (QED) is 0.249. The maximum Gasteiger partial charge on any atom is 0.136 e. The first-order valence-corrected chi connectivity index (χ1v) is 11.1. The van der Waals surface area contributed by atoms with Gasteiger partial charge in [0.1, 0.15) is 22.7 Å². The predicted octanol–water partition coefficient (Wildman–Crippen LogP) is 9.85. The third-order valence-electron chi connectivity index (χ3n) is 6.37. The van der Waals surface area contributed by atoms with Crippen LogP contribution in [0.1, 0.15) is 17.8 Å². The summed E-state index contributed by atoms with van der Waals surface area (Å²) in [7, 11) is 0. The lowest BCUT2D eigenvalue weighted by atomic mass is 9.88. The Morgan fingerprint density at radius 2 is 1.28 bits per heavy atom. The van der Waals surface area contributed by atoms with Crippen LogP contribution in [-0.4, -0.2) is 0 Å². The molecular formula is C34H20O2. The van der Waals surface area contributed by atoms with E-state index in [1.54, 1.807) is 24.3 Å². The predicted molar refractivity (Wildman–Crippen MR) is 148 cm³/mol. The summed E-state index contributed by atoms with van der Waals surface area (Å²) in [5.74, 6) is -0.767. The van der Waals surface area contributed by atoms with E-state index in [9.17, 15) is 1.37 Å². The van der Waals surface area contributed by atoms with Crippen molar-refractivity contribution >= 4 is 32.7 Å². The number of ether oxygens (including phenoxy) is 1. The lowest BCUT2D eigenvalue weighted by molar-refractivity contribution is 0.487. The number of furan rings is 1. The van der Waals surface area contributed by atoms with E-state index >= 15 is 0 Å². The number of hydrogen-bond donors (Lipinski definition) is 0. The van der Waals surface area contributed by atoms with Gasteiger partial charge in [0.2, 0.25) is 0 Å². The highest BCUT2D eigenvalue weighted by Crippen LogP contribution is 2.49. The molecule has 8 rings (SSSR count). The van der Waals surface area contributed by atoms with Gasteiger partial charge in [0.05, 0.1) is 17.8 Å². The van der Waals surface area contributed by atoms with E-state index in [1.807, 2.05) is 18.2 Å². The van der Waals surface area contributed by atoms with Gasteiger partial charge < -0.3 is 9.15 Å². The van der Waals surface area contributed by atoms with Gasteiger partial charge in [-0.05, 0) is 63.5 Å². The molecule has 7 aromatic rings. The minimum Gasteiger partial charge on any atom is -0.456 e. The van der Waals surface area contributed by atoms with Gasteiger partial charge in [-0.2, -0.15) is 0 Å². The highest BCUT2D eigenvalue weighted by Gasteiger charge is 2.22. The molecule has 1 aliphatic rings. The first-order valence-electron chi connectivity index (χ1n) is 17.6. The van der Waals surface area contributed by atoms with Crippen molar-refractivity contribution in [2.24, 2.45) is 0 Å². The van der Waals surface area contributed by atoms with Crippen molar-refractivity contribution in [2.45, 2.75) is 0 Å². The van der Waals surface area contributed by atoms with Gasteiger partial charge in [-0.3, -0.25) is 0 Å². The molecule has 0 amide bonds. The van der Waals surface area contributed by atoms with Crippen LogP contribution < -0.4 is 4.74 Å². The Labute approximate surface area is 226 Å². The van der Waals surface area contributed by atoms with E-state index in [2.05, 4.69) is 0 Å². The van der Waals surface area contributed by atoms with Gasteiger partial charge in [0.15, 0.2) is 0 Å². The maximum atomic E-state index is 9.20. The fourth-order valence-corrected chi connectivity index (χ4v) is 4.77. The van der Waals surface area contributed by atoms with Crippen LogP contribution in [0.5, 0.6) is 11.5 Å². The third-order valence-corrected chi connectivity index (χ3v) is 6.37. The fraction of sp³-hybridized carbons (Fsp3) is 0. The van der Waals surface area contributed by atoms with Crippen LogP contribution in [-0.2, 0) is 0 Å². The zero-order valence-electron chi connectivity index (χ0n) is 31.4. The minimum absolute atomic E-state index is 0.0574. The number of fused-ring (bicyclic) bond motifs is 5. The van der Waals surface area contributed by atoms with Crippen molar-refractivity contribution in [3.05, 3.63) is 121 Å². The van der Waals surface area contributed by atoms with E-state index in [1.165, 1.54) is 0 Å². The van der Waals surface area contributed by atoms with Gasteiger partial charge in [0, 0.05) is 21.7 Å². The van der Waals surface area contributed by atoms with Crippen molar-refractivity contribution in [3.63, 3.8) is 0 Å². The summed E-state index contributed by atoms with van der Waals surface area (Å²) in [6, 6.07) is 4.66. The molecule has 0 fully saturated rings. The highest BCUT2D eigenvalue weighted by molar-refractivity contribution is 6.11. The highest BCUT2D eigenvalue weighted by atomic mass is 16.5. The van der Waals surface area contributed by atoms with Crippen LogP contribution in [0.2, 0.25) is 0 Å². The molecule has 2 heterocycles. The summed E-state index contributed by atoms with van der Waals surface area (Å²) in [5.41, 5.74) is 0.274. The van der Waals surface area contributed by atoms with Crippen molar-refractivity contribution in [1.29, 1.82) is 0 Å². The molecule has 2 heteroatoms. The topological polar surface area (TPSA) is 22.4 Å². The van der Waals surface area contributed by atoms with Crippen molar-refractivity contribution in [2.75, 3.05) is 0 Å². The van der Waals surface area contributed by atoms with Gasteiger partial charge in [-0.1, -0.05) is 90.7 Å². The Kier molecular flexibility index (Phi) is 2.21. The van der Waals surface area contributed by atoms with Crippen LogP contribution in [0.4, 0.5) is 0 Å². The molecule has 2 nitrogen and oxygen atoms in total. The van der Waals surface area contributed by atoms with Gasteiger partial charge >= 0.3 is 0 Å². The average molecular weight is 474 g/mol. The Balaban J connectivity index is 1.56. The molecule has 1 aliphatic heterocycles. The SMILES string of the molecule is [2H]c1c([2H])c([2H])c2c(c1[2H])Oc1c([2H])c([2H])c(-c3c([2H])c([2H])c([2H])c([2H])c3-c3ccc4c(c3)oc3ccccc34)c3c([2H])c([2H])c([2H])c-2c13. The Hall–Kier alpha value is -4.82. The minimum atomic E-state index is -0.654. The summed E-state index contributed by atoms with van der Waals surface area (Å²) in [5, 5.41) is 1.21. The third kappa shape index (κ3) is 2.73. The van der Waals surface area contributed by atoms with Crippen molar-refractivity contribution in [1.82, 2.24) is 0 Å². The molecule has 1 aromatic heterocycles. The molecule has 168 valence electrons. The molecular weight excluding hydrogens is 440 g/mol. The Morgan fingerprint density at radius 1 is 0.500 bits per heavy atom. The molecule has 0 bridgehead atoms. The second-order valence-electron chi connectivity index (χ2n) is 8.32. The van der Waals surface area contributed by atoms with Gasteiger partial charge in [-0.15, -0.1) is 0 Å². The molecule has 6 aromatic carbocycles. The summed E-state index contributed by atoms with van der Waals surface area (Å²) in [4.78, 5) is 0. The first-order chi connectivity index (χ1) is 23.3. The van der Waals surface area contributed by atoms with Crippen molar-refractivity contribution in [3.8, 4) is 44.9 Å². The molecule has 0 radical (unpaired) electrons. The monoisotopic (exact) mass is 473 g/mol. The second kappa shape index (κ2) is 7.34. The van der Waals surface area contributed by atoms with E-state index in [-0.39, 0.29) is 49.9 Å². The molecule has 0 atom stereocenters. The molecule has 0 N–H and O–H groups in total. The first kappa shape index (κ1) is 10.8. The number of rotatable bonds is 2. The van der Waals surface area contributed by atoms with Crippen LogP contribution in [0.25, 0.3) is 66.1 Å². The maximum absolute atomic E-state index is 9.20. The fourth-order valence-electron chi connectivity index (χ4n) is 4.77. The average Bonchev–Trinajstić information content (AvgIpc) is 3.47. The van der Waals surface area contributed by atoms with Gasteiger partial charge in [0.25, 0.3) is 0 Å². The smallest absolute Gasteiger partial charge is 0.136 e. The number of hydrogen-bond acceptors (Lipinski definition) is 2.